The fourth-order valence-electron chi connectivity index (χ4n) is 3.90. The number of hydrogen-bond acceptors (Lipinski definition) is 3. The summed E-state index contributed by atoms with van der Waals surface area (Å²) in [6.45, 7) is 6.08. The van der Waals surface area contributed by atoms with Gasteiger partial charge in [0.25, 0.3) is 0 Å². The monoisotopic (exact) mass is 370 g/mol. The van der Waals surface area contributed by atoms with Gasteiger partial charge in [-0.05, 0) is 62.7 Å². The average Bonchev–Trinajstić information content (AvgIpc) is 3.37. The van der Waals surface area contributed by atoms with Gasteiger partial charge in [-0.2, -0.15) is 0 Å². The van der Waals surface area contributed by atoms with E-state index in [-0.39, 0.29) is 18.2 Å². The summed E-state index contributed by atoms with van der Waals surface area (Å²) in [5.74, 6) is 0. The van der Waals surface area contributed by atoms with Gasteiger partial charge >= 0.3 is 0 Å². The van der Waals surface area contributed by atoms with Crippen LogP contribution in [0.15, 0.2) is 42.9 Å². The summed E-state index contributed by atoms with van der Waals surface area (Å²) in [5.41, 5.74) is 2.28. The Morgan fingerprint density at radius 1 is 1.35 bits per heavy atom. The first-order valence-electron chi connectivity index (χ1n) is 9.40. The van der Waals surface area contributed by atoms with Crippen molar-refractivity contribution in [2.45, 2.75) is 50.9 Å². The van der Waals surface area contributed by atoms with Crippen LogP contribution in [0.3, 0.4) is 0 Å². The predicted molar refractivity (Wildman–Crippen MR) is 106 cm³/mol. The number of nitrogens with zero attached hydrogens (tertiary/aromatic N) is 3. The van der Waals surface area contributed by atoms with Gasteiger partial charge < -0.3 is 19.5 Å². The molecule has 2 saturated heterocycles. The Morgan fingerprint density at radius 3 is 2.88 bits per heavy atom. The van der Waals surface area contributed by atoms with Crippen molar-refractivity contribution >= 4 is 17.3 Å². The SMILES string of the molecule is CC(C)n1ccc([C@H]2[C@@H](c3ccccn3)NC(=S)N2C[C@@H]2CCCO2)c1. The molecule has 0 aliphatic carbocycles. The maximum Gasteiger partial charge on any atom is 0.170 e. The van der Waals surface area contributed by atoms with Crippen LogP contribution in [0.4, 0.5) is 0 Å². The highest BCUT2D eigenvalue weighted by molar-refractivity contribution is 7.80. The Bertz CT molecular complexity index is 754. The van der Waals surface area contributed by atoms with Crippen molar-refractivity contribution in [3.05, 3.63) is 54.1 Å². The first kappa shape index (κ1) is 17.5. The normalized spacial score (nSPS) is 25.9. The minimum atomic E-state index is 0.0492. The number of hydrogen-bond donors (Lipinski definition) is 1. The molecule has 0 bridgehead atoms. The van der Waals surface area contributed by atoms with Crippen LogP contribution in [-0.4, -0.2) is 38.8 Å². The summed E-state index contributed by atoms with van der Waals surface area (Å²) >= 11 is 5.71. The summed E-state index contributed by atoms with van der Waals surface area (Å²) in [6.07, 6.45) is 8.74. The molecule has 2 aromatic heterocycles. The average molecular weight is 371 g/mol. The van der Waals surface area contributed by atoms with Crippen LogP contribution in [0.5, 0.6) is 0 Å². The van der Waals surface area contributed by atoms with Gasteiger partial charge in [-0.1, -0.05) is 6.07 Å². The van der Waals surface area contributed by atoms with Gasteiger partial charge in [-0.25, -0.2) is 0 Å². The molecular weight excluding hydrogens is 344 g/mol. The smallest absolute Gasteiger partial charge is 0.170 e. The number of rotatable bonds is 5. The molecule has 138 valence electrons. The molecule has 0 spiro atoms. The van der Waals surface area contributed by atoms with E-state index in [1.54, 1.807) is 0 Å². The second-order valence-electron chi connectivity index (χ2n) is 7.40. The number of aromatic nitrogens is 2. The molecular formula is C20H26N4OS. The van der Waals surface area contributed by atoms with E-state index < -0.39 is 0 Å². The third-order valence-electron chi connectivity index (χ3n) is 5.30. The maximum absolute atomic E-state index is 5.88. The molecule has 2 fully saturated rings. The third-order valence-corrected chi connectivity index (χ3v) is 5.65. The van der Waals surface area contributed by atoms with Crippen molar-refractivity contribution in [1.82, 2.24) is 19.8 Å². The van der Waals surface area contributed by atoms with E-state index in [2.05, 4.69) is 58.1 Å². The Hall–Kier alpha value is -1.92. The van der Waals surface area contributed by atoms with Gasteiger partial charge in [0.1, 0.15) is 0 Å². The van der Waals surface area contributed by atoms with Crippen LogP contribution in [0.25, 0.3) is 0 Å². The van der Waals surface area contributed by atoms with Crippen LogP contribution in [0.2, 0.25) is 0 Å². The van der Waals surface area contributed by atoms with E-state index in [4.69, 9.17) is 17.0 Å². The van der Waals surface area contributed by atoms with E-state index in [9.17, 15) is 0 Å². The summed E-state index contributed by atoms with van der Waals surface area (Å²) < 4.78 is 8.13. The highest BCUT2D eigenvalue weighted by Gasteiger charge is 2.41. The molecule has 26 heavy (non-hydrogen) atoms. The molecule has 0 saturated carbocycles. The van der Waals surface area contributed by atoms with Gasteiger partial charge in [0, 0.05) is 37.8 Å². The molecule has 1 N–H and O–H groups in total. The molecule has 4 heterocycles. The molecule has 0 radical (unpaired) electrons. The molecule has 0 unspecified atom stereocenters. The summed E-state index contributed by atoms with van der Waals surface area (Å²) in [5, 5.41) is 4.30. The van der Waals surface area contributed by atoms with Crippen molar-refractivity contribution in [2.24, 2.45) is 0 Å². The Balaban J connectivity index is 1.68. The number of thiocarbonyl (C=S) groups is 1. The van der Waals surface area contributed by atoms with Crippen LogP contribution < -0.4 is 5.32 Å². The summed E-state index contributed by atoms with van der Waals surface area (Å²) in [4.78, 5) is 6.89. The van der Waals surface area contributed by atoms with E-state index in [0.717, 1.165) is 36.8 Å². The molecule has 5 nitrogen and oxygen atoms in total. The van der Waals surface area contributed by atoms with Gasteiger partial charge in [0.15, 0.2) is 5.11 Å². The van der Waals surface area contributed by atoms with Crippen LogP contribution in [0.1, 0.15) is 56.1 Å². The summed E-state index contributed by atoms with van der Waals surface area (Å²) in [7, 11) is 0. The minimum Gasteiger partial charge on any atom is -0.376 e. The second-order valence-corrected chi connectivity index (χ2v) is 7.79. The van der Waals surface area contributed by atoms with Crippen LogP contribution in [-0.2, 0) is 4.74 Å². The van der Waals surface area contributed by atoms with Crippen molar-refractivity contribution < 1.29 is 4.74 Å². The fraction of sp³-hybridized carbons (Fsp3) is 0.500. The molecule has 2 aliphatic rings. The van der Waals surface area contributed by atoms with E-state index in [1.165, 1.54) is 5.56 Å². The Morgan fingerprint density at radius 2 is 2.23 bits per heavy atom. The van der Waals surface area contributed by atoms with E-state index >= 15 is 0 Å². The molecule has 0 amide bonds. The number of pyridine rings is 1. The molecule has 2 aromatic rings. The fourth-order valence-corrected chi connectivity index (χ4v) is 4.21. The zero-order valence-electron chi connectivity index (χ0n) is 15.3. The number of nitrogens with one attached hydrogen (secondary N) is 1. The highest BCUT2D eigenvalue weighted by atomic mass is 32.1. The van der Waals surface area contributed by atoms with Crippen LogP contribution >= 0.6 is 12.2 Å². The predicted octanol–water partition coefficient (Wildman–Crippen LogP) is 3.62. The molecule has 2 aliphatic heterocycles. The lowest BCUT2D eigenvalue weighted by atomic mass is 9.99. The van der Waals surface area contributed by atoms with Crippen molar-refractivity contribution in [1.29, 1.82) is 0 Å². The van der Waals surface area contributed by atoms with Crippen molar-refractivity contribution in [3.8, 4) is 0 Å². The van der Waals surface area contributed by atoms with Crippen molar-refractivity contribution in [3.63, 3.8) is 0 Å². The van der Waals surface area contributed by atoms with Gasteiger partial charge in [0.05, 0.1) is 23.9 Å². The first-order chi connectivity index (χ1) is 12.6. The van der Waals surface area contributed by atoms with E-state index in [1.807, 2.05) is 18.3 Å². The molecule has 4 rings (SSSR count). The standard InChI is InChI=1S/C20H26N4OS/c1-14(2)23-10-8-15(12-23)19-18(17-7-3-4-9-21-17)22-20(26)24(19)13-16-6-5-11-25-16/h3-4,7-10,12,14,16,18-19H,5-6,11,13H2,1-2H3,(H,22,26)/t16-,18+,19-/m0/s1. The molecule has 3 atom stereocenters. The van der Waals surface area contributed by atoms with Crippen molar-refractivity contribution in [2.75, 3.05) is 13.2 Å². The minimum absolute atomic E-state index is 0.0492. The largest absolute Gasteiger partial charge is 0.376 e. The zero-order valence-corrected chi connectivity index (χ0v) is 16.2. The Labute approximate surface area is 160 Å². The lowest BCUT2D eigenvalue weighted by Gasteiger charge is -2.29. The molecule has 6 heteroatoms. The highest BCUT2D eigenvalue weighted by Crippen LogP contribution is 2.39. The third kappa shape index (κ3) is 3.35. The van der Waals surface area contributed by atoms with Gasteiger partial charge in [0.2, 0.25) is 0 Å². The molecule has 0 aromatic carbocycles. The van der Waals surface area contributed by atoms with Gasteiger partial charge in [-0.15, -0.1) is 0 Å². The quantitative estimate of drug-likeness (QED) is 0.815. The topological polar surface area (TPSA) is 42.3 Å². The lowest BCUT2D eigenvalue weighted by molar-refractivity contribution is 0.0842. The Kier molecular flexibility index (Phi) is 4.96. The second kappa shape index (κ2) is 7.37. The van der Waals surface area contributed by atoms with Crippen LogP contribution in [0, 0.1) is 0 Å². The summed E-state index contributed by atoms with van der Waals surface area (Å²) in [6, 6.07) is 8.87. The lowest BCUT2D eigenvalue weighted by Crippen LogP contribution is -2.36. The van der Waals surface area contributed by atoms with E-state index in [0.29, 0.717) is 6.04 Å². The van der Waals surface area contributed by atoms with Gasteiger partial charge in [-0.3, -0.25) is 4.98 Å². The number of ether oxygens (including phenoxy) is 1. The maximum atomic E-state index is 5.88. The first-order valence-corrected chi connectivity index (χ1v) is 9.81. The zero-order chi connectivity index (χ0) is 18.1.